The normalized spacial score (nSPS) is 10.7. The van der Waals surface area contributed by atoms with Gasteiger partial charge in [0.25, 0.3) is 0 Å². The van der Waals surface area contributed by atoms with Crippen molar-refractivity contribution in [2.24, 2.45) is 0 Å². The third-order valence-electron chi connectivity index (χ3n) is 4.03. The minimum Gasteiger partial charge on any atom is -0.228 e. The molecule has 2 nitrogen and oxygen atoms in total. The van der Waals surface area contributed by atoms with Gasteiger partial charge in [0.1, 0.15) is 0 Å². The summed E-state index contributed by atoms with van der Waals surface area (Å²) < 4.78 is 0. The van der Waals surface area contributed by atoms with Gasteiger partial charge in [-0.15, -0.1) is 0 Å². The fraction of sp³-hybridized carbons (Fsp3) is 0. The molecule has 0 radical (unpaired) electrons. The smallest absolute Gasteiger partial charge is 0.161 e. The summed E-state index contributed by atoms with van der Waals surface area (Å²) in [5, 5.41) is 1.16. The van der Waals surface area contributed by atoms with Gasteiger partial charge in [-0.1, -0.05) is 83.9 Å². The van der Waals surface area contributed by atoms with E-state index in [9.17, 15) is 0 Å². The van der Waals surface area contributed by atoms with Crippen molar-refractivity contribution in [1.82, 2.24) is 9.97 Å². The van der Waals surface area contributed by atoms with Crippen LogP contribution in [0.2, 0.25) is 10.0 Å². The Bertz CT molecular complexity index is 990. The lowest BCUT2D eigenvalue weighted by atomic mass is 10.1. The Morgan fingerprint density at radius 3 is 1.65 bits per heavy atom. The molecule has 0 unspecified atom stereocenters. The average Bonchev–Trinajstić information content (AvgIpc) is 2.71. The summed E-state index contributed by atoms with van der Waals surface area (Å²) in [6, 6.07) is 27.4. The molecule has 0 saturated heterocycles. The summed E-state index contributed by atoms with van der Waals surface area (Å²) in [4.78, 5) is 9.49. The van der Waals surface area contributed by atoms with Gasteiger partial charge in [0.15, 0.2) is 5.82 Å². The quantitative estimate of drug-likeness (QED) is 0.393. The van der Waals surface area contributed by atoms with E-state index in [1.165, 1.54) is 0 Å². The zero-order valence-electron chi connectivity index (χ0n) is 13.7. The molecule has 1 heterocycles. The van der Waals surface area contributed by atoms with Crippen LogP contribution in [-0.2, 0) is 0 Å². The Hall–Kier alpha value is -2.68. The van der Waals surface area contributed by atoms with Gasteiger partial charge in [0, 0.05) is 21.7 Å². The molecule has 126 valence electrons. The lowest BCUT2D eigenvalue weighted by molar-refractivity contribution is 1.18. The summed E-state index contributed by atoms with van der Waals surface area (Å²) in [6.45, 7) is 0. The Labute approximate surface area is 162 Å². The van der Waals surface area contributed by atoms with Gasteiger partial charge in [-0.25, -0.2) is 9.97 Å². The van der Waals surface area contributed by atoms with E-state index < -0.39 is 0 Å². The zero-order valence-corrected chi connectivity index (χ0v) is 15.2. The molecule has 1 aromatic heterocycles. The van der Waals surface area contributed by atoms with Crippen molar-refractivity contribution in [2.75, 3.05) is 0 Å². The van der Waals surface area contributed by atoms with Crippen LogP contribution in [0.3, 0.4) is 0 Å². The molecule has 0 saturated carbocycles. The highest BCUT2D eigenvalue weighted by molar-refractivity contribution is 6.35. The highest BCUT2D eigenvalue weighted by atomic mass is 35.5. The van der Waals surface area contributed by atoms with Gasteiger partial charge < -0.3 is 0 Å². The van der Waals surface area contributed by atoms with Crippen LogP contribution >= 0.6 is 23.2 Å². The molecule has 0 atom stereocenters. The highest BCUT2D eigenvalue weighted by Crippen LogP contribution is 2.32. The second-order valence-corrected chi connectivity index (χ2v) is 6.66. The minimum atomic E-state index is 0.553. The van der Waals surface area contributed by atoms with Crippen LogP contribution in [0.5, 0.6) is 0 Å². The van der Waals surface area contributed by atoms with E-state index in [0.29, 0.717) is 21.4 Å². The molecule has 0 fully saturated rings. The predicted molar refractivity (Wildman–Crippen MR) is 108 cm³/mol. The maximum Gasteiger partial charge on any atom is 0.161 e. The molecule has 4 rings (SSSR count). The summed E-state index contributed by atoms with van der Waals surface area (Å²) in [5.74, 6) is 0.553. The topological polar surface area (TPSA) is 25.8 Å². The number of aromatic nitrogens is 2. The standard InChI is InChI=1S/C22H14Cl2N2/c23-17-11-12-19(24)18(13-17)22-25-20(15-7-3-1-4-8-15)14-21(26-22)16-9-5-2-6-10-16/h1-14H. The van der Waals surface area contributed by atoms with Gasteiger partial charge in [0.05, 0.1) is 16.4 Å². The molecule has 0 aliphatic heterocycles. The summed E-state index contributed by atoms with van der Waals surface area (Å²) in [6.07, 6.45) is 0. The van der Waals surface area contributed by atoms with Crippen molar-refractivity contribution in [2.45, 2.75) is 0 Å². The molecule has 0 amide bonds. The second-order valence-electron chi connectivity index (χ2n) is 5.82. The van der Waals surface area contributed by atoms with Crippen LogP contribution in [0.4, 0.5) is 0 Å². The van der Waals surface area contributed by atoms with Crippen molar-refractivity contribution in [3.63, 3.8) is 0 Å². The first-order valence-electron chi connectivity index (χ1n) is 8.16. The predicted octanol–water partition coefficient (Wildman–Crippen LogP) is 6.78. The lowest BCUT2D eigenvalue weighted by Crippen LogP contribution is -1.96. The fourth-order valence-corrected chi connectivity index (χ4v) is 3.12. The van der Waals surface area contributed by atoms with Gasteiger partial charge in [0.2, 0.25) is 0 Å². The van der Waals surface area contributed by atoms with Crippen LogP contribution in [0, 0.1) is 0 Å². The van der Waals surface area contributed by atoms with Crippen LogP contribution in [-0.4, -0.2) is 9.97 Å². The third kappa shape index (κ3) is 3.48. The molecule has 0 aliphatic rings. The van der Waals surface area contributed by atoms with Crippen molar-refractivity contribution in [3.05, 3.63) is 95.0 Å². The number of benzene rings is 3. The first-order chi connectivity index (χ1) is 12.7. The van der Waals surface area contributed by atoms with Crippen LogP contribution < -0.4 is 0 Å². The van der Waals surface area contributed by atoms with Gasteiger partial charge in [-0.2, -0.15) is 0 Å². The Morgan fingerprint density at radius 2 is 1.12 bits per heavy atom. The van der Waals surface area contributed by atoms with Crippen molar-refractivity contribution in [3.8, 4) is 33.9 Å². The number of hydrogen-bond donors (Lipinski definition) is 0. The SMILES string of the molecule is Clc1ccc(Cl)c(-c2nc(-c3ccccc3)cc(-c3ccccc3)n2)c1. The largest absolute Gasteiger partial charge is 0.228 e. The molecular formula is C22H14Cl2N2. The Kier molecular flexibility index (Phi) is 4.70. The third-order valence-corrected chi connectivity index (χ3v) is 4.60. The van der Waals surface area contributed by atoms with Gasteiger partial charge in [-0.05, 0) is 24.3 Å². The van der Waals surface area contributed by atoms with E-state index in [1.54, 1.807) is 18.2 Å². The molecule has 26 heavy (non-hydrogen) atoms. The van der Waals surface area contributed by atoms with E-state index in [1.807, 2.05) is 66.7 Å². The Morgan fingerprint density at radius 1 is 0.577 bits per heavy atom. The van der Waals surface area contributed by atoms with E-state index >= 15 is 0 Å². The number of halogens is 2. The molecule has 3 aromatic carbocycles. The summed E-state index contributed by atoms with van der Waals surface area (Å²) >= 11 is 12.6. The number of rotatable bonds is 3. The van der Waals surface area contributed by atoms with Crippen LogP contribution in [0.25, 0.3) is 33.9 Å². The highest BCUT2D eigenvalue weighted by Gasteiger charge is 2.13. The minimum absolute atomic E-state index is 0.553. The maximum absolute atomic E-state index is 6.39. The van der Waals surface area contributed by atoms with Gasteiger partial charge in [-0.3, -0.25) is 0 Å². The monoisotopic (exact) mass is 376 g/mol. The van der Waals surface area contributed by atoms with E-state index in [0.717, 1.165) is 22.5 Å². The van der Waals surface area contributed by atoms with E-state index in [-0.39, 0.29) is 0 Å². The number of nitrogens with zero attached hydrogens (tertiary/aromatic N) is 2. The first-order valence-corrected chi connectivity index (χ1v) is 8.92. The van der Waals surface area contributed by atoms with Crippen molar-refractivity contribution in [1.29, 1.82) is 0 Å². The molecule has 0 N–H and O–H groups in total. The molecule has 0 bridgehead atoms. The van der Waals surface area contributed by atoms with E-state index in [4.69, 9.17) is 33.2 Å². The van der Waals surface area contributed by atoms with E-state index in [2.05, 4.69) is 0 Å². The summed E-state index contributed by atoms with van der Waals surface area (Å²) in [5.41, 5.74) is 4.43. The molecule has 4 aromatic rings. The second kappa shape index (κ2) is 7.28. The molecular weight excluding hydrogens is 363 g/mol. The summed E-state index contributed by atoms with van der Waals surface area (Å²) in [7, 11) is 0. The van der Waals surface area contributed by atoms with Crippen molar-refractivity contribution < 1.29 is 0 Å². The maximum atomic E-state index is 6.39. The Balaban J connectivity index is 1.95. The zero-order chi connectivity index (χ0) is 17.9. The van der Waals surface area contributed by atoms with Crippen LogP contribution in [0.15, 0.2) is 84.9 Å². The first kappa shape index (κ1) is 16.8. The fourth-order valence-electron chi connectivity index (χ4n) is 2.75. The molecule has 0 aliphatic carbocycles. The van der Waals surface area contributed by atoms with Gasteiger partial charge >= 0.3 is 0 Å². The molecule has 0 spiro atoms. The lowest BCUT2D eigenvalue weighted by Gasteiger charge is -2.10. The van der Waals surface area contributed by atoms with Crippen LogP contribution in [0.1, 0.15) is 0 Å². The average molecular weight is 377 g/mol. The molecule has 4 heteroatoms. The van der Waals surface area contributed by atoms with Crippen molar-refractivity contribution >= 4 is 23.2 Å². The number of hydrogen-bond acceptors (Lipinski definition) is 2.